The van der Waals surface area contributed by atoms with Gasteiger partial charge >= 0.3 is 5.97 Å². The zero-order valence-corrected chi connectivity index (χ0v) is 13.7. The number of anilines is 1. The van der Waals surface area contributed by atoms with E-state index in [-0.39, 0.29) is 18.0 Å². The van der Waals surface area contributed by atoms with E-state index in [1.165, 1.54) is 23.9 Å². The van der Waals surface area contributed by atoms with Crippen molar-refractivity contribution in [1.82, 2.24) is 4.57 Å². The van der Waals surface area contributed by atoms with Gasteiger partial charge in [-0.15, -0.1) is 0 Å². The number of esters is 1. The van der Waals surface area contributed by atoms with Crippen LogP contribution in [0.15, 0.2) is 53.5 Å². The Labute approximate surface area is 140 Å². The highest BCUT2D eigenvalue weighted by Gasteiger charge is 2.18. The van der Waals surface area contributed by atoms with Crippen LogP contribution in [0, 0.1) is 0 Å². The molecule has 2 rings (SSSR count). The molecule has 0 saturated heterocycles. The molecule has 1 atom stereocenters. The Hall–Kier alpha value is -2.89. The van der Waals surface area contributed by atoms with Gasteiger partial charge in [0.05, 0.1) is 7.11 Å². The number of amides is 1. The maximum absolute atomic E-state index is 12.4. The van der Waals surface area contributed by atoms with Crippen LogP contribution in [0.3, 0.4) is 0 Å². The second-order valence-electron chi connectivity index (χ2n) is 5.37. The van der Waals surface area contributed by atoms with Gasteiger partial charge in [-0.3, -0.25) is 14.2 Å². The van der Waals surface area contributed by atoms with Gasteiger partial charge in [-0.2, -0.15) is 0 Å². The number of carbonyl (C=O) groups excluding carboxylic acids is 2. The first-order valence-electron chi connectivity index (χ1n) is 7.65. The molecular formula is C18H20N2O4. The highest BCUT2D eigenvalue weighted by Crippen LogP contribution is 2.08. The summed E-state index contributed by atoms with van der Waals surface area (Å²) in [5.41, 5.74) is 0.757. The van der Waals surface area contributed by atoms with Crippen LogP contribution < -0.4 is 10.9 Å². The van der Waals surface area contributed by atoms with Gasteiger partial charge in [0, 0.05) is 12.6 Å². The van der Waals surface area contributed by atoms with E-state index in [0.717, 1.165) is 5.56 Å². The lowest BCUT2D eigenvalue weighted by Crippen LogP contribution is -2.31. The molecule has 0 bridgehead atoms. The number of ether oxygens (including phenoxy) is 1. The lowest BCUT2D eigenvalue weighted by atomic mass is 10.1. The molecule has 2 aromatic rings. The molecule has 0 unspecified atom stereocenters. The Morgan fingerprint density at radius 2 is 1.88 bits per heavy atom. The average Bonchev–Trinajstić information content (AvgIpc) is 2.61. The zero-order valence-electron chi connectivity index (χ0n) is 13.7. The van der Waals surface area contributed by atoms with Crippen molar-refractivity contribution in [2.45, 2.75) is 25.8 Å². The summed E-state index contributed by atoms with van der Waals surface area (Å²) in [5, 5.41) is 2.61. The molecule has 0 aliphatic heterocycles. The molecule has 0 aliphatic rings. The van der Waals surface area contributed by atoms with Gasteiger partial charge in [0.25, 0.3) is 5.56 Å². The quantitative estimate of drug-likeness (QED) is 0.824. The first-order valence-corrected chi connectivity index (χ1v) is 7.65. The summed E-state index contributed by atoms with van der Waals surface area (Å²) in [6.45, 7) is 1.56. The standard InChI is InChI=1S/C18H20N2O4/c1-13(18(23)24-2)20-12-6-9-15(17(20)22)19-16(21)11-10-14-7-4-3-5-8-14/h3-9,12-13H,10-11H2,1-2H3,(H,19,21)/t13-/m0/s1. The fourth-order valence-electron chi connectivity index (χ4n) is 2.31. The highest BCUT2D eigenvalue weighted by atomic mass is 16.5. The molecule has 1 N–H and O–H groups in total. The van der Waals surface area contributed by atoms with Crippen molar-refractivity contribution in [1.29, 1.82) is 0 Å². The third kappa shape index (κ3) is 4.32. The second kappa shape index (κ2) is 8.10. The van der Waals surface area contributed by atoms with Crippen LogP contribution in [0.4, 0.5) is 5.69 Å². The Morgan fingerprint density at radius 3 is 2.54 bits per heavy atom. The highest BCUT2D eigenvalue weighted by molar-refractivity contribution is 5.90. The van der Waals surface area contributed by atoms with E-state index >= 15 is 0 Å². The number of pyridine rings is 1. The second-order valence-corrected chi connectivity index (χ2v) is 5.37. The lowest BCUT2D eigenvalue weighted by molar-refractivity contribution is -0.144. The molecule has 126 valence electrons. The van der Waals surface area contributed by atoms with E-state index in [0.29, 0.717) is 6.42 Å². The van der Waals surface area contributed by atoms with E-state index in [1.54, 1.807) is 13.0 Å². The third-order valence-electron chi connectivity index (χ3n) is 3.69. The first kappa shape index (κ1) is 17.5. The molecular weight excluding hydrogens is 308 g/mol. The van der Waals surface area contributed by atoms with Crippen LogP contribution in [0.5, 0.6) is 0 Å². The number of carbonyl (C=O) groups is 2. The molecule has 1 amide bonds. The van der Waals surface area contributed by atoms with Gasteiger partial charge in [0.2, 0.25) is 5.91 Å². The van der Waals surface area contributed by atoms with Crippen LogP contribution >= 0.6 is 0 Å². The fourth-order valence-corrected chi connectivity index (χ4v) is 2.31. The van der Waals surface area contributed by atoms with Crippen molar-refractivity contribution in [2.24, 2.45) is 0 Å². The molecule has 0 radical (unpaired) electrons. The van der Waals surface area contributed by atoms with E-state index in [4.69, 9.17) is 0 Å². The summed E-state index contributed by atoms with van der Waals surface area (Å²) in [5.74, 6) is -0.774. The number of hydrogen-bond acceptors (Lipinski definition) is 4. The summed E-state index contributed by atoms with van der Waals surface area (Å²) in [6.07, 6.45) is 2.35. The van der Waals surface area contributed by atoms with Gasteiger partial charge in [0.15, 0.2) is 0 Å². The molecule has 0 saturated carbocycles. The first-order chi connectivity index (χ1) is 11.5. The van der Waals surface area contributed by atoms with E-state index in [9.17, 15) is 14.4 Å². The normalized spacial score (nSPS) is 11.6. The largest absolute Gasteiger partial charge is 0.467 e. The summed E-state index contributed by atoms with van der Waals surface area (Å²) in [7, 11) is 1.26. The zero-order chi connectivity index (χ0) is 17.5. The Balaban J connectivity index is 2.06. The number of nitrogens with one attached hydrogen (secondary N) is 1. The van der Waals surface area contributed by atoms with Gasteiger partial charge in [-0.05, 0) is 31.0 Å². The van der Waals surface area contributed by atoms with Crippen LogP contribution in [0.2, 0.25) is 0 Å². The van der Waals surface area contributed by atoms with Crippen LogP contribution in [-0.2, 0) is 20.7 Å². The number of aromatic nitrogens is 1. The van der Waals surface area contributed by atoms with Gasteiger partial charge in [0.1, 0.15) is 11.7 Å². The van der Waals surface area contributed by atoms with E-state index in [1.807, 2.05) is 30.3 Å². The molecule has 24 heavy (non-hydrogen) atoms. The number of hydrogen-bond donors (Lipinski definition) is 1. The minimum Gasteiger partial charge on any atom is -0.467 e. The van der Waals surface area contributed by atoms with Crippen molar-refractivity contribution < 1.29 is 14.3 Å². The van der Waals surface area contributed by atoms with E-state index in [2.05, 4.69) is 10.1 Å². The summed E-state index contributed by atoms with van der Waals surface area (Å²) < 4.78 is 5.88. The van der Waals surface area contributed by atoms with Gasteiger partial charge in [-0.1, -0.05) is 30.3 Å². The molecule has 1 aromatic heterocycles. The van der Waals surface area contributed by atoms with Crippen LogP contribution in [-0.4, -0.2) is 23.6 Å². The molecule has 0 spiro atoms. The monoisotopic (exact) mass is 328 g/mol. The summed E-state index contributed by atoms with van der Waals surface area (Å²) >= 11 is 0. The maximum atomic E-state index is 12.4. The Morgan fingerprint density at radius 1 is 1.17 bits per heavy atom. The predicted molar refractivity (Wildman–Crippen MR) is 90.8 cm³/mol. The number of rotatable bonds is 6. The Kier molecular flexibility index (Phi) is 5.89. The summed E-state index contributed by atoms with van der Waals surface area (Å²) in [4.78, 5) is 36.0. The Bertz CT molecular complexity index is 768. The van der Waals surface area contributed by atoms with Gasteiger partial charge < -0.3 is 10.1 Å². The minimum absolute atomic E-state index is 0.145. The molecule has 1 aromatic carbocycles. The van der Waals surface area contributed by atoms with Crippen molar-refractivity contribution in [3.8, 4) is 0 Å². The number of aryl methyl sites for hydroxylation is 1. The van der Waals surface area contributed by atoms with Crippen molar-refractivity contribution >= 4 is 17.6 Å². The molecule has 6 heteroatoms. The predicted octanol–water partition coefficient (Wildman–Crippen LogP) is 2.15. The number of benzene rings is 1. The third-order valence-corrected chi connectivity index (χ3v) is 3.69. The average molecular weight is 328 g/mol. The molecule has 1 heterocycles. The molecule has 6 nitrogen and oxygen atoms in total. The topological polar surface area (TPSA) is 77.4 Å². The number of nitrogens with zero attached hydrogens (tertiary/aromatic N) is 1. The molecule has 0 aliphatic carbocycles. The van der Waals surface area contributed by atoms with Crippen molar-refractivity contribution in [3.05, 3.63) is 64.6 Å². The van der Waals surface area contributed by atoms with E-state index < -0.39 is 17.6 Å². The van der Waals surface area contributed by atoms with Crippen LogP contribution in [0.1, 0.15) is 24.9 Å². The van der Waals surface area contributed by atoms with Crippen molar-refractivity contribution in [3.63, 3.8) is 0 Å². The summed E-state index contributed by atoms with van der Waals surface area (Å²) in [6, 6.07) is 12.0. The van der Waals surface area contributed by atoms with Gasteiger partial charge in [-0.25, -0.2) is 4.79 Å². The fraction of sp³-hybridized carbons (Fsp3) is 0.278. The van der Waals surface area contributed by atoms with Crippen LogP contribution in [0.25, 0.3) is 0 Å². The lowest BCUT2D eigenvalue weighted by Gasteiger charge is -2.14. The number of methoxy groups -OCH3 is 1. The minimum atomic E-state index is -0.760. The molecule has 0 fully saturated rings. The SMILES string of the molecule is COC(=O)[C@H](C)n1cccc(NC(=O)CCc2ccccc2)c1=O. The van der Waals surface area contributed by atoms with Crippen molar-refractivity contribution in [2.75, 3.05) is 12.4 Å². The smallest absolute Gasteiger partial charge is 0.328 e. The maximum Gasteiger partial charge on any atom is 0.328 e.